The van der Waals surface area contributed by atoms with Crippen LogP contribution in [-0.4, -0.2) is 40.8 Å². The number of rotatable bonds is 8. The third-order valence-electron chi connectivity index (χ3n) is 5.51. The first kappa shape index (κ1) is 20.3. The summed E-state index contributed by atoms with van der Waals surface area (Å²) in [5, 5.41) is 18.2. The molecule has 3 rings (SSSR count). The molecule has 2 aromatic rings. The Bertz CT molecular complexity index is 847. The minimum Gasteiger partial charge on any atom is -0.395 e. The van der Waals surface area contributed by atoms with Gasteiger partial charge in [0, 0.05) is 25.2 Å². The average molecular weight is 380 g/mol. The van der Waals surface area contributed by atoms with E-state index in [1.807, 2.05) is 6.07 Å². The number of benzene rings is 2. The normalized spacial score (nSPS) is 15.9. The predicted octanol–water partition coefficient (Wildman–Crippen LogP) is 3.04. The monoisotopic (exact) mass is 380 g/mol. The molecule has 5 nitrogen and oxygen atoms in total. The van der Waals surface area contributed by atoms with Gasteiger partial charge in [-0.3, -0.25) is 14.9 Å². The summed E-state index contributed by atoms with van der Waals surface area (Å²) in [6.07, 6.45) is 6.00. The molecule has 0 bridgehead atoms. The Kier molecular flexibility index (Phi) is 6.98. The summed E-state index contributed by atoms with van der Waals surface area (Å²) in [5.74, 6) is -0.538. The molecular weight excluding hydrogens is 352 g/mol. The fraction of sp³-hybridized carbons (Fsp3) is 0.348. The second-order valence-corrected chi connectivity index (χ2v) is 7.26. The largest absolute Gasteiger partial charge is 0.395 e. The van der Waals surface area contributed by atoms with Crippen molar-refractivity contribution in [2.24, 2.45) is 0 Å². The lowest BCUT2D eigenvalue weighted by Crippen LogP contribution is -2.32. The van der Waals surface area contributed by atoms with Crippen LogP contribution < -0.4 is 5.48 Å². The Morgan fingerprint density at radius 3 is 2.82 bits per heavy atom. The highest BCUT2D eigenvalue weighted by atomic mass is 16.5. The van der Waals surface area contributed by atoms with Crippen molar-refractivity contribution in [1.82, 2.24) is 10.4 Å². The van der Waals surface area contributed by atoms with Crippen molar-refractivity contribution in [2.45, 2.75) is 32.2 Å². The minimum atomic E-state index is -0.538. The Hall–Kier alpha value is -2.47. The van der Waals surface area contributed by atoms with Crippen LogP contribution in [0.15, 0.2) is 48.5 Å². The third-order valence-corrected chi connectivity index (χ3v) is 5.51. The number of amides is 1. The molecular formula is C23H28N2O3. The van der Waals surface area contributed by atoms with Crippen molar-refractivity contribution in [3.05, 3.63) is 76.4 Å². The van der Waals surface area contributed by atoms with Crippen molar-refractivity contribution < 1.29 is 15.1 Å². The van der Waals surface area contributed by atoms with E-state index in [0.717, 1.165) is 31.4 Å². The van der Waals surface area contributed by atoms with Crippen LogP contribution in [0.5, 0.6) is 0 Å². The molecule has 0 saturated carbocycles. The molecule has 0 saturated heterocycles. The van der Waals surface area contributed by atoms with E-state index in [-0.39, 0.29) is 6.61 Å². The number of nitrogens with one attached hydrogen (secondary N) is 1. The summed E-state index contributed by atoms with van der Waals surface area (Å²) >= 11 is 0. The number of hydroxylamine groups is 1. The number of hydrogen-bond acceptors (Lipinski definition) is 4. The maximum atomic E-state index is 11.2. The number of fused-ring (bicyclic) bond motifs is 1. The van der Waals surface area contributed by atoms with E-state index in [0.29, 0.717) is 12.6 Å². The summed E-state index contributed by atoms with van der Waals surface area (Å²) in [5.41, 5.74) is 7.80. The SMILES string of the molecule is Cc1ccccc1CCN(CCO)[C@@H]1CCc2cc(C=CC(=O)NO)ccc21. The van der Waals surface area contributed by atoms with Crippen LogP contribution in [0.25, 0.3) is 6.08 Å². The number of nitrogens with zero attached hydrogens (tertiary/aromatic N) is 1. The average Bonchev–Trinajstić information content (AvgIpc) is 3.13. The highest BCUT2D eigenvalue weighted by Gasteiger charge is 2.27. The van der Waals surface area contributed by atoms with Crippen LogP contribution in [0.1, 0.15) is 40.3 Å². The molecule has 1 aliphatic carbocycles. The molecule has 0 aromatic heterocycles. The van der Waals surface area contributed by atoms with Gasteiger partial charge < -0.3 is 5.11 Å². The lowest BCUT2D eigenvalue weighted by Gasteiger charge is -2.29. The van der Waals surface area contributed by atoms with Gasteiger partial charge >= 0.3 is 0 Å². The number of aryl methyl sites for hydroxylation is 2. The molecule has 0 aliphatic heterocycles. The van der Waals surface area contributed by atoms with Crippen molar-refractivity contribution in [1.29, 1.82) is 0 Å². The molecule has 0 spiro atoms. The van der Waals surface area contributed by atoms with Crippen LogP contribution in [0.2, 0.25) is 0 Å². The van der Waals surface area contributed by atoms with Gasteiger partial charge in [-0.15, -0.1) is 0 Å². The molecule has 0 fully saturated rings. The number of aliphatic hydroxyl groups is 1. The standard InChI is InChI=1S/C23H28N2O3/c1-17-4-2-3-5-19(17)12-13-25(14-15-26)22-10-8-20-16-18(6-9-21(20)22)7-11-23(27)24-28/h2-7,9,11,16,22,26,28H,8,10,12-15H2,1H3,(H,24,27)/t22-/m1/s1. The van der Waals surface area contributed by atoms with Crippen LogP contribution in [0.4, 0.5) is 0 Å². The molecule has 148 valence electrons. The van der Waals surface area contributed by atoms with E-state index >= 15 is 0 Å². The zero-order valence-electron chi connectivity index (χ0n) is 16.3. The first-order valence-electron chi connectivity index (χ1n) is 9.76. The van der Waals surface area contributed by atoms with Crippen LogP contribution in [0, 0.1) is 6.92 Å². The predicted molar refractivity (Wildman–Crippen MR) is 110 cm³/mol. The molecule has 28 heavy (non-hydrogen) atoms. The van der Waals surface area contributed by atoms with Crippen molar-refractivity contribution in [2.75, 3.05) is 19.7 Å². The quantitative estimate of drug-likeness (QED) is 0.374. The minimum absolute atomic E-state index is 0.150. The number of carbonyl (C=O) groups excluding carboxylic acids is 1. The molecule has 1 aliphatic rings. The maximum absolute atomic E-state index is 11.2. The molecule has 0 radical (unpaired) electrons. The Morgan fingerprint density at radius 1 is 1.25 bits per heavy atom. The van der Waals surface area contributed by atoms with Gasteiger partial charge in [-0.2, -0.15) is 0 Å². The summed E-state index contributed by atoms with van der Waals surface area (Å²) in [6.45, 7) is 3.86. The number of carbonyl (C=O) groups is 1. The molecule has 1 amide bonds. The van der Waals surface area contributed by atoms with Crippen molar-refractivity contribution in [3.8, 4) is 0 Å². The highest BCUT2D eigenvalue weighted by Crippen LogP contribution is 2.36. The van der Waals surface area contributed by atoms with Crippen molar-refractivity contribution >= 4 is 12.0 Å². The number of aliphatic hydroxyl groups excluding tert-OH is 1. The first-order valence-corrected chi connectivity index (χ1v) is 9.76. The van der Waals surface area contributed by atoms with E-state index in [1.165, 1.54) is 28.3 Å². The lowest BCUT2D eigenvalue weighted by atomic mass is 10.0. The number of hydrogen-bond donors (Lipinski definition) is 3. The second-order valence-electron chi connectivity index (χ2n) is 7.26. The Labute approximate surface area is 166 Å². The fourth-order valence-electron chi connectivity index (χ4n) is 4.01. The zero-order chi connectivity index (χ0) is 19.9. The van der Waals surface area contributed by atoms with E-state index in [1.54, 1.807) is 11.6 Å². The van der Waals surface area contributed by atoms with Crippen molar-refractivity contribution in [3.63, 3.8) is 0 Å². The maximum Gasteiger partial charge on any atom is 0.267 e. The van der Waals surface area contributed by atoms with Gasteiger partial charge in [0.2, 0.25) is 0 Å². The summed E-state index contributed by atoms with van der Waals surface area (Å²) in [4.78, 5) is 13.5. The summed E-state index contributed by atoms with van der Waals surface area (Å²) in [7, 11) is 0. The molecule has 2 aromatic carbocycles. The third kappa shape index (κ3) is 4.87. The van der Waals surface area contributed by atoms with Crippen LogP contribution >= 0.6 is 0 Å². The zero-order valence-corrected chi connectivity index (χ0v) is 16.3. The van der Waals surface area contributed by atoms with Crippen LogP contribution in [0.3, 0.4) is 0 Å². The van der Waals surface area contributed by atoms with Crippen LogP contribution in [-0.2, 0) is 17.6 Å². The van der Waals surface area contributed by atoms with Gasteiger partial charge in [-0.1, -0.05) is 42.5 Å². The van der Waals surface area contributed by atoms with Gasteiger partial charge in [-0.05, 0) is 60.1 Å². The van der Waals surface area contributed by atoms with E-state index < -0.39 is 5.91 Å². The molecule has 0 heterocycles. The van der Waals surface area contributed by atoms with Gasteiger partial charge in [0.1, 0.15) is 0 Å². The second kappa shape index (κ2) is 9.64. The lowest BCUT2D eigenvalue weighted by molar-refractivity contribution is -0.124. The first-order chi connectivity index (χ1) is 13.6. The highest BCUT2D eigenvalue weighted by molar-refractivity contribution is 5.90. The smallest absolute Gasteiger partial charge is 0.267 e. The fourth-order valence-corrected chi connectivity index (χ4v) is 4.01. The summed E-state index contributed by atoms with van der Waals surface area (Å²) < 4.78 is 0. The van der Waals surface area contributed by atoms with E-state index in [4.69, 9.17) is 5.21 Å². The van der Waals surface area contributed by atoms with E-state index in [2.05, 4.69) is 48.2 Å². The van der Waals surface area contributed by atoms with Gasteiger partial charge in [0.05, 0.1) is 6.61 Å². The topological polar surface area (TPSA) is 72.8 Å². The molecule has 1 atom stereocenters. The van der Waals surface area contributed by atoms with E-state index in [9.17, 15) is 9.90 Å². The molecule has 3 N–H and O–H groups in total. The Balaban J connectivity index is 1.73. The molecule has 0 unspecified atom stereocenters. The summed E-state index contributed by atoms with van der Waals surface area (Å²) in [6, 6.07) is 15.0. The Morgan fingerprint density at radius 2 is 2.07 bits per heavy atom. The van der Waals surface area contributed by atoms with Gasteiger partial charge in [-0.25, -0.2) is 5.48 Å². The van der Waals surface area contributed by atoms with Gasteiger partial charge in [0.15, 0.2) is 0 Å². The molecule has 5 heteroatoms. The van der Waals surface area contributed by atoms with Gasteiger partial charge in [0.25, 0.3) is 5.91 Å².